The van der Waals surface area contributed by atoms with Crippen molar-refractivity contribution in [3.8, 4) is 11.5 Å². The SMILES string of the molecule is COc1ccc(SCCOc2cccc([N+](=O)[O-])c2)cc1. The van der Waals surface area contributed by atoms with E-state index in [0.717, 1.165) is 16.4 Å². The highest BCUT2D eigenvalue weighted by molar-refractivity contribution is 7.99. The van der Waals surface area contributed by atoms with E-state index in [1.54, 1.807) is 31.0 Å². The second kappa shape index (κ2) is 7.54. The van der Waals surface area contributed by atoms with Gasteiger partial charge in [0.1, 0.15) is 11.5 Å². The Morgan fingerprint density at radius 3 is 2.57 bits per heavy atom. The molecule has 110 valence electrons. The monoisotopic (exact) mass is 305 g/mol. The van der Waals surface area contributed by atoms with Crippen LogP contribution in [-0.4, -0.2) is 24.4 Å². The normalized spacial score (nSPS) is 10.1. The minimum absolute atomic E-state index is 0.0373. The molecule has 0 aliphatic rings. The zero-order valence-electron chi connectivity index (χ0n) is 11.5. The fourth-order valence-corrected chi connectivity index (χ4v) is 2.41. The van der Waals surface area contributed by atoms with Gasteiger partial charge in [-0.1, -0.05) is 6.07 Å². The fourth-order valence-electron chi connectivity index (χ4n) is 1.68. The van der Waals surface area contributed by atoms with Gasteiger partial charge in [0, 0.05) is 16.7 Å². The molecule has 0 aliphatic carbocycles. The minimum atomic E-state index is -0.432. The molecule has 0 radical (unpaired) electrons. The lowest BCUT2D eigenvalue weighted by atomic mass is 10.3. The number of nitrogens with zero attached hydrogens (tertiary/aromatic N) is 1. The van der Waals surface area contributed by atoms with Gasteiger partial charge < -0.3 is 9.47 Å². The summed E-state index contributed by atoms with van der Waals surface area (Å²) in [7, 11) is 1.63. The van der Waals surface area contributed by atoms with Gasteiger partial charge in [-0.15, -0.1) is 11.8 Å². The van der Waals surface area contributed by atoms with Crippen LogP contribution in [0.3, 0.4) is 0 Å². The van der Waals surface area contributed by atoms with E-state index < -0.39 is 4.92 Å². The maximum absolute atomic E-state index is 10.7. The van der Waals surface area contributed by atoms with Gasteiger partial charge >= 0.3 is 0 Å². The summed E-state index contributed by atoms with van der Waals surface area (Å²) in [6.07, 6.45) is 0. The van der Waals surface area contributed by atoms with Crippen LogP contribution in [0.15, 0.2) is 53.4 Å². The van der Waals surface area contributed by atoms with E-state index in [9.17, 15) is 10.1 Å². The summed E-state index contributed by atoms with van der Waals surface area (Å²) >= 11 is 1.65. The Morgan fingerprint density at radius 1 is 1.14 bits per heavy atom. The third-order valence-electron chi connectivity index (χ3n) is 2.71. The second-order valence-corrected chi connectivity index (χ2v) is 5.30. The van der Waals surface area contributed by atoms with Gasteiger partial charge in [0.2, 0.25) is 0 Å². The molecule has 0 heterocycles. The number of hydrogen-bond acceptors (Lipinski definition) is 5. The van der Waals surface area contributed by atoms with Crippen LogP contribution in [0, 0.1) is 10.1 Å². The molecule has 6 heteroatoms. The molecule has 5 nitrogen and oxygen atoms in total. The van der Waals surface area contributed by atoms with Crippen molar-refractivity contribution in [1.82, 2.24) is 0 Å². The van der Waals surface area contributed by atoms with Crippen LogP contribution >= 0.6 is 11.8 Å². The summed E-state index contributed by atoms with van der Waals surface area (Å²) in [5, 5.41) is 10.7. The van der Waals surface area contributed by atoms with E-state index >= 15 is 0 Å². The van der Waals surface area contributed by atoms with Crippen molar-refractivity contribution in [2.45, 2.75) is 4.90 Å². The van der Waals surface area contributed by atoms with Crippen molar-refractivity contribution >= 4 is 17.4 Å². The van der Waals surface area contributed by atoms with Gasteiger partial charge in [0.15, 0.2) is 0 Å². The highest BCUT2D eigenvalue weighted by atomic mass is 32.2. The standard InChI is InChI=1S/C15H15NO4S/c1-19-13-5-7-15(8-6-13)21-10-9-20-14-4-2-3-12(11-14)16(17)18/h2-8,11H,9-10H2,1H3. The summed E-state index contributed by atoms with van der Waals surface area (Å²) in [5.74, 6) is 2.10. The predicted octanol–water partition coefficient (Wildman–Crippen LogP) is 3.77. The maximum Gasteiger partial charge on any atom is 0.273 e. The molecule has 0 unspecified atom stereocenters. The van der Waals surface area contributed by atoms with Gasteiger partial charge in [-0.3, -0.25) is 10.1 Å². The van der Waals surface area contributed by atoms with Crippen molar-refractivity contribution in [1.29, 1.82) is 0 Å². The summed E-state index contributed by atoms with van der Waals surface area (Å²) in [6.45, 7) is 0.484. The lowest BCUT2D eigenvalue weighted by Gasteiger charge is -2.06. The molecule has 0 amide bonds. The number of methoxy groups -OCH3 is 1. The first kappa shape index (κ1) is 15.2. The largest absolute Gasteiger partial charge is 0.497 e. The quantitative estimate of drug-likeness (QED) is 0.337. The van der Waals surface area contributed by atoms with E-state index in [1.165, 1.54) is 12.1 Å². The number of ether oxygens (including phenoxy) is 2. The molecule has 2 aromatic carbocycles. The Bertz CT molecular complexity index is 601. The molecule has 0 aliphatic heterocycles. The van der Waals surface area contributed by atoms with E-state index in [0.29, 0.717) is 12.4 Å². The summed E-state index contributed by atoms with van der Waals surface area (Å²) < 4.78 is 10.6. The average Bonchev–Trinajstić information content (AvgIpc) is 2.52. The molecule has 21 heavy (non-hydrogen) atoms. The number of nitro groups is 1. The summed E-state index contributed by atoms with van der Waals surface area (Å²) in [4.78, 5) is 11.3. The van der Waals surface area contributed by atoms with Crippen LogP contribution in [0.4, 0.5) is 5.69 Å². The lowest BCUT2D eigenvalue weighted by Crippen LogP contribution is -2.00. The highest BCUT2D eigenvalue weighted by Crippen LogP contribution is 2.22. The van der Waals surface area contributed by atoms with Gasteiger partial charge in [0.05, 0.1) is 24.7 Å². The molecular formula is C15H15NO4S. The molecule has 0 atom stereocenters. The number of nitro benzene ring substituents is 1. The molecule has 0 fully saturated rings. The van der Waals surface area contributed by atoms with E-state index in [2.05, 4.69) is 0 Å². The zero-order valence-corrected chi connectivity index (χ0v) is 12.3. The fraction of sp³-hybridized carbons (Fsp3) is 0.200. The van der Waals surface area contributed by atoms with Gasteiger partial charge in [-0.05, 0) is 30.3 Å². The first-order chi connectivity index (χ1) is 10.2. The topological polar surface area (TPSA) is 61.6 Å². The van der Waals surface area contributed by atoms with Gasteiger partial charge in [-0.2, -0.15) is 0 Å². The summed E-state index contributed by atoms with van der Waals surface area (Å²) in [6, 6.07) is 14.0. The van der Waals surface area contributed by atoms with Gasteiger partial charge in [-0.25, -0.2) is 0 Å². The van der Waals surface area contributed by atoms with E-state index in [4.69, 9.17) is 9.47 Å². The van der Waals surface area contributed by atoms with Crippen molar-refractivity contribution in [3.63, 3.8) is 0 Å². The van der Waals surface area contributed by atoms with E-state index in [-0.39, 0.29) is 5.69 Å². The number of hydrogen-bond donors (Lipinski definition) is 0. The van der Waals surface area contributed by atoms with Crippen LogP contribution in [0.2, 0.25) is 0 Å². The Hall–Kier alpha value is -2.21. The molecule has 0 aromatic heterocycles. The number of non-ortho nitro benzene ring substituents is 1. The Kier molecular flexibility index (Phi) is 5.45. The predicted molar refractivity (Wildman–Crippen MR) is 82.3 cm³/mol. The minimum Gasteiger partial charge on any atom is -0.497 e. The maximum atomic E-state index is 10.7. The average molecular weight is 305 g/mol. The van der Waals surface area contributed by atoms with Crippen LogP contribution in [-0.2, 0) is 0 Å². The Balaban J connectivity index is 1.78. The van der Waals surface area contributed by atoms with Crippen LogP contribution < -0.4 is 9.47 Å². The number of rotatable bonds is 7. The van der Waals surface area contributed by atoms with Crippen molar-refractivity contribution in [3.05, 3.63) is 58.6 Å². The molecule has 0 saturated heterocycles. The molecule has 2 aromatic rings. The molecule has 2 rings (SSSR count). The Labute approximate surface area is 127 Å². The molecular weight excluding hydrogens is 290 g/mol. The Morgan fingerprint density at radius 2 is 1.90 bits per heavy atom. The number of thioether (sulfide) groups is 1. The van der Waals surface area contributed by atoms with Crippen molar-refractivity contribution < 1.29 is 14.4 Å². The first-order valence-electron chi connectivity index (χ1n) is 6.33. The molecule has 0 N–H and O–H groups in total. The third kappa shape index (κ3) is 4.68. The molecule has 0 bridgehead atoms. The first-order valence-corrected chi connectivity index (χ1v) is 7.32. The zero-order chi connectivity index (χ0) is 15.1. The van der Waals surface area contributed by atoms with Crippen molar-refractivity contribution in [2.24, 2.45) is 0 Å². The third-order valence-corrected chi connectivity index (χ3v) is 3.68. The van der Waals surface area contributed by atoms with Crippen LogP contribution in [0.25, 0.3) is 0 Å². The van der Waals surface area contributed by atoms with Crippen LogP contribution in [0.1, 0.15) is 0 Å². The summed E-state index contributed by atoms with van der Waals surface area (Å²) in [5.41, 5.74) is 0.0373. The van der Waals surface area contributed by atoms with Crippen molar-refractivity contribution in [2.75, 3.05) is 19.5 Å². The molecule has 0 spiro atoms. The second-order valence-electron chi connectivity index (χ2n) is 4.13. The lowest BCUT2D eigenvalue weighted by molar-refractivity contribution is -0.384. The van der Waals surface area contributed by atoms with Gasteiger partial charge in [0.25, 0.3) is 5.69 Å². The highest BCUT2D eigenvalue weighted by Gasteiger charge is 2.06. The number of benzene rings is 2. The smallest absolute Gasteiger partial charge is 0.273 e. The van der Waals surface area contributed by atoms with E-state index in [1.807, 2.05) is 24.3 Å². The molecule has 0 saturated carbocycles. The van der Waals surface area contributed by atoms with Crippen LogP contribution in [0.5, 0.6) is 11.5 Å².